The fourth-order valence-corrected chi connectivity index (χ4v) is 3.04. The van der Waals surface area contributed by atoms with Gasteiger partial charge in [0.25, 0.3) is 0 Å². The quantitative estimate of drug-likeness (QED) is 0.689. The molecule has 1 fully saturated rings. The van der Waals surface area contributed by atoms with Crippen LogP contribution >= 0.6 is 11.8 Å². The molecule has 0 radical (unpaired) electrons. The second kappa shape index (κ2) is 7.55. The van der Waals surface area contributed by atoms with Crippen LogP contribution in [0.3, 0.4) is 0 Å². The topological polar surface area (TPSA) is 21.3 Å². The smallest absolute Gasteiger partial charge is 0.0509 e. The molecule has 3 heteroatoms. The summed E-state index contributed by atoms with van der Waals surface area (Å²) in [4.78, 5) is 0. The monoisotopic (exact) mass is 217 g/mol. The zero-order valence-electron chi connectivity index (χ0n) is 9.42. The van der Waals surface area contributed by atoms with Gasteiger partial charge in [0.15, 0.2) is 0 Å². The van der Waals surface area contributed by atoms with Crippen molar-refractivity contribution in [2.75, 3.05) is 31.8 Å². The molecule has 14 heavy (non-hydrogen) atoms. The predicted octanol–water partition coefficient (Wildman–Crippen LogP) is 2.14. The van der Waals surface area contributed by atoms with Crippen LogP contribution in [0.25, 0.3) is 0 Å². The third-order valence-electron chi connectivity index (χ3n) is 2.78. The van der Waals surface area contributed by atoms with Crippen LogP contribution in [0.1, 0.15) is 26.2 Å². The molecule has 0 aromatic carbocycles. The zero-order chi connectivity index (χ0) is 10.2. The van der Waals surface area contributed by atoms with Crippen LogP contribution in [0.15, 0.2) is 0 Å². The van der Waals surface area contributed by atoms with Crippen LogP contribution < -0.4 is 5.32 Å². The third kappa shape index (κ3) is 4.20. The van der Waals surface area contributed by atoms with E-state index in [4.69, 9.17) is 4.74 Å². The van der Waals surface area contributed by atoms with Gasteiger partial charge in [-0.1, -0.05) is 6.92 Å². The van der Waals surface area contributed by atoms with Crippen LogP contribution in [0.2, 0.25) is 0 Å². The first-order chi connectivity index (χ1) is 6.88. The van der Waals surface area contributed by atoms with E-state index in [0.29, 0.717) is 6.04 Å². The molecule has 2 unspecified atom stereocenters. The van der Waals surface area contributed by atoms with Crippen LogP contribution in [0.4, 0.5) is 0 Å². The molecule has 0 saturated carbocycles. The first-order valence-electron chi connectivity index (χ1n) is 5.71. The molecule has 1 saturated heterocycles. The fraction of sp³-hybridized carbons (Fsp3) is 1.00. The van der Waals surface area contributed by atoms with E-state index in [1.54, 1.807) is 0 Å². The standard InChI is InChI=1S/C11H23NOS/c1-3-7-14-9-11(12-2)10-5-4-6-13-8-10/h10-12H,3-9H2,1-2H3. The van der Waals surface area contributed by atoms with Crippen LogP contribution in [-0.4, -0.2) is 37.8 Å². The largest absolute Gasteiger partial charge is 0.381 e. The lowest BCUT2D eigenvalue weighted by molar-refractivity contribution is 0.0437. The van der Waals surface area contributed by atoms with Gasteiger partial charge in [0.1, 0.15) is 0 Å². The maximum absolute atomic E-state index is 5.52. The summed E-state index contributed by atoms with van der Waals surface area (Å²) in [6.07, 6.45) is 3.85. The van der Waals surface area contributed by atoms with Crippen molar-refractivity contribution in [1.82, 2.24) is 5.32 Å². The third-order valence-corrected chi connectivity index (χ3v) is 4.07. The van der Waals surface area contributed by atoms with Crippen molar-refractivity contribution in [3.8, 4) is 0 Å². The summed E-state index contributed by atoms with van der Waals surface area (Å²) in [6.45, 7) is 4.17. The number of thioether (sulfide) groups is 1. The Morgan fingerprint density at radius 1 is 1.57 bits per heavy atom. The van der Waals surface area contributed by atoms with E-state index in [0.717, 1.165) is 19.1 Å². The lowest BCUT2D eigenvalue weighted by atomic mass is 9.95. The Bertz CT molecular complexity index is 137. The average Bonchev–Trinajstić information content (AvgIpc) is 2.26. The summed E-state index contributed by atoms with van der Waals surface area (Å²) in [7, 11) is 2.08. The molecule has 1 rings (SSSR count). The van der Waals surface area contributed by atoms with Gasteiger partial charge >= 0.3 is 0 Å². The molecule has 1 aliphatic heterocycles. The van der Waals surface area contributed by atoms with E-state index in [1.165, 1.54) is 30.8 Å². The summed E-state index contributed by atoms with van der Waals surface area (Å²) in [5, 5.41) is 3.43. The Hall–Kier alpha value is 0.270. The minimum Gasteiger partial charge on any atom is -0.381 e. The molecule has 1 heterocycles. The second-order valence-electron chi connectivity index (χ2n) is 3.95. The molecule has 0 bridgehead atoms. The summed E-state index contributed by atoms with van der Waals surface area (Å²) in [5.74, 6) is 3.25. The van der Waals surface area contributed by atoms with E-state index in [-0.39, 0.29) is 0 Å². The van der Waals surface area contributed by atoms with Crippen LogP contribution in [-0.2, 0) is 4.74 Å². The molecule has 84 valence electrons. The lowest BCUT2D eigenvalue weighted by Gasteiger charge is -2.29. The summed E-state index contributed by atoms with van der Waals surface area (Å²) in [6, 6.07) is 0.645. The van der Waals surface area contributed by atoms with Crippen LogP contribution in [0, 0.1) is 5.92 Å². The highest BCUT2D eigenvalue weighted by atomic mass is 32.2. The molecule has 1 aliphatic rings. The average molecular weight is 217 g/mol. The highest BCUT2D eigenvalue weighted by Crippen LogP contribution is 2.20. The SMILES string of the molecule is CCCSCC(NC)C1CCCOC1. The Morgan fingerprint density at radius 3 is 3.00 bits per heavy atom. The minimum absolute atomic E-state index is 0.645. The first-order valence-corrected chi connectivity index (χ1v) is 6.86. The second-order valence-corrected chi connectivity index (χ2v) is 5.10. The van der Waals surface area contributed by atoms with Gasteiger partial charge in [0.2, 0.25) is 0 Å². The molecular weight excluding hydrogens is 194 g/mol. The van der Waals surface area contributed by atoms with Gasteiger partial charge in [-0.15, -0.1) is 0 Å². The molecule has 0 spiro atoms. The molecule has 0 aliphatic carbocycles. The summed E-state index contributed by atoms with van der Waals surface area (Å²) >= 11 is 2.06. The Kier molecular flexibility index (Phi) is 6.65. The van der Waals surface area contributed by atoms with Crippen molar-refractivity contribution in [3.05, 3.63) is 0 Å². The van der Waals surface area contributed by atoms with Gasteiger partial charge in [-0.2, -0.15) is 11.8 Å². The summed E-state index contributed by atoms with van der Waals surface area (Å²) in [5.41, 5.74) is 0. The number of nitrogens with one attached hydrogen (secondary N) is 1. The van der Waals surface area contributed by atoms with Crippen molar-refractivity contribution in [3.63, 3.8) is 0 Å². The number of rotatable bonds is 6. The highest BCUT2D eigenvalue weighted by molar-refractivity contribution is 7.99. The molecule has 2 nitrogen and oxygen atoms in total. The van der Waals surface area contributed by atoms with E-state index in [9.17, 15) is 0 Å². The van der Waals surface area contributed by atoms with Gasteiger partial charge < -0.3 is 10.1 Å². The Morgan fingerprint density at radius 2 is 2.43 bits per heavy atom. The maximum atomic E-state index is 5.52. The van der Waals surface area contributed by atoms with Gasteiger partial charge in [-0.25, -0.2) is 0 Å². The van der Waals surface area contributed by atoms with Crippen molar-refractivity contribution >= 4 is 11.8 Å². The van der Waals surface area contributed by atoms with Crippen molar-refractivity contribution in [2.24, 2.45) is 5.92 Å². The Labute approximate surface area is 92.2 Å². The molecular formula is C11H23NOS. The van der Waals surface area contributed by atoms with Crippen LogP contribution in [0.5, 0.6) is 0 Å². The lowest BCUT2D eigenvalue weighted by Crippen LogP contribution is -2.40. The predicted molar refractivity (Wildman–Crippen MR) is 64.0 cm³/mol. The number of hydrogen-bond acceptors (Lipinski definition) is 3. The van der Waals surface area contributed by atoms with Gasteiger partial charge in [0, 0.05) is 18.4 Å². The molecule has 0 amide bonds. The highest BCUT2D eigenvalue weighted by Gasteiger charge is 2.22. The molecule has 2 atom stereocenters. The van der Waals surface area contributed by atoms with E-state index >= 15 is 0 Å². The van der Waals surface area contributed by atoms with E-state index < -0.39 is 0 Å². The van der Waals surface area contributed by atoms with Crippen molar-refractivity contribution in [2.45, 2.75) is 32.2 Å². The van der Waals surface area contributed by atoms with E-state index in [1.807, 2.05) is 0 Å². The molecule has 1 N–H and O–H groups in total. The van der Waals surface area contributed by atoms with Gasteiger partial charge in [-0.3, -0.25) is 0 Å². The van der Waals surface area contributed by atoms with Crippen molar-refractivity contribution in [1.29, 1.82) is 0 Å². The zero-order valence-corrected chi connectivity index (χ0v) is 10.2. The molecule has 0 aromatic heterocycles. The maximum Gasteiger partial charge on any atom is 0.0509 e. The summed E-state index contributed by atoms with van der Waals surface area (Å²) < 4.78 is 5.52. The first kappa shape index (κ1) is 12.3. The normalized spacial score (nSPS) is 24.9. The van der Waals surface area contributed by atoms with E-state index in [2.05, 4.69) is 31.1 Å². The van der Waals surface area contributed by atoms with Gasteiger partial charge in [-0.05, 0) is 38.0 Å². The Balaban J connectivity index is 2.21. The number of hydrogen-bond donors (Lipinski definition) is 1. The minimum atomic E-state index is 0.645. The fourth-order valence-electron chi connectivity index (χ4n) is 1.89. The van der Waals surface area contributed by atoms with Gasteiger partial charge in [0.05, 0.1) is 6.61 Å². The number of ether oxygens (including phenoxy) is 1. The molecule has 0 aromatic rings. The van der Waals surface area contributed by atoms with Crippen molar-refractivity contribution < 1.29 is 4.74 Å².